The quantitative estimate of drug-likeness (QED) is 0.271. The minimum absolute atomic E-state index is 0.0603. The summed E-state index contributed by atoms with van der Waals surface area (Å²) in [5.74, 6) is -0.161. The molecule has 7 nitrogen and oxygen atoms in total. The van der Waals surface area contributed by atoms with E-state index in [1.165, 1.54) is 54.1 Å². The standard InChI is InChI=1S/C19H13ClF3N3O4S/c20-16-6-5-14(10-15(16)19(21,22)23)31(29)26-11-1-3-12(4-2-11)30-13-7-8-24-17(9-13)18(27)25-28/h1-10,26,28H,(H,25,27). The summed E-state index contributed by atoms with van der Waals surface area (Å²) < 4.78 is 59.5. The Morgan fingerprint density at radius 3 is 2.45 bits per heavy atom. The molecule has 31 heavy (non-hydrogen) atoms. The van der Waals surface area contributed by atoms with Crippen LogP contribution < -0.4 is 14.9 Å². The second-order valence-electron chi connectivity index (χ2n) is 5.95. The van der Waals surface area contributed by atoms with Crippen LogP contribution in [0.2, 0.25) is 5.02 Å². The number of amides is 1. The Labute approximate surface area is 182 Å². The summed E-state index contributed by atoms with van der Waals surface area (Å²) in [7, 11) is 0. The van der Waals surface area contributed by atoms with Gasteiger partial charge in [-0.05, 0) is 42.5 Å². The molecule has 1 atom stereocenters. The highest BCUT2D eigenvalue weighted by atomic mass is 35.5. The third kappa shape index (κ3) is 5.79. The van der Waals surface area contributed by atoms with Gasteiger partial charge in [0.05, 0.1) is 16.3 Å². The van der Waals surface area contributed by atoms with Crippen molar-refractivity contribution in [3.8, 4) is 11.5 Å². The molecule has 12 heteroatoms. The number of halogens is 4. The number of ether oxygens (including phenoxy) is 1. The zero-order valence-electron chi connectivity index (χ0n) is 15.3. The van der Waals surface area contributed by atoms with E-state index in [0.717, 1.165) is 12.1 Å². The van der Waals surface area contributed by atoms with Crippen LogP contribution in [0.25, 0.3) is 0 Å². The third-order valence-electron chi connectivity index (χ3n) is 3.82. The molecule has 0 aliphatic rings. The largest absolute Gasteiger partial charge is 0.588 e. The first-order chi connectivity index (χ1) is 14.7. The fourth-order valence-corrected chi connectivity index (χ4v) is 3.50. The van der Waals surface area contributed by atoms with Crippen LogP contribution in [0.1, 0.15) is 16.1 Å². The summed E-state index contributed by atoms with van der Waals surface area (Å²) in [6.07, 6.45) is -3.35. The van der Waals surface area contributed by atoms with Gasteiger partial charge >= 0.3 is 6.18 Å². The van der Waals surface area contributed by atoms with Crippen LogP contribution in [0.15, 0.2) is 65.7 Å². The molecule has 3 rings (SSSR count). The fraction of sp³-hybridized carbons (Fsp3) is 0.0526. The number of benzene rings is 2. The number of hydrogen-bond donors (Lipinski definition) is 3. The Morgan fingerprint density at radius 2 is 1.81 bits per heavy atom. The maximum absolute atomic E-state index is 13.0. The fourth-order valence-electron chi connectivity index (χ4n) is 2.39. The molecule has 0 spiro atoms. The molecule has 0 aliphatic heterocycles. The molecule has 2 aromatic carbocycles. The molecular formula is C19H13ClF3N3O4S. The molecule has 1 aromatic heterocycles. The molecule has 0 aliphatic carbocycles. The smallest absolute Gasteiger partial charge is 0.418 e. The third-order valence-corrected chi connectivity index (χ3v) is 5.26. The van der Waals surface area contributed by atoms with Gasteiger partial charge < -0.3 is 9.29 Å². The number of nitrogens with zero attached hydrogens (tertiary/aromatic N) is 1. The average Bonchev–Trinajstić information content (AvgIpc) is 2.74. The van der Waals surface area contributed by atoms with Crippen LogP contribution in [0.3, 0.4) is 0 Å². The Kier molecular flexibility index (Phi) is 6.91. The van der Waals surface area contributed by atoms with E-state index in [0.29, 0.717) is 11.4 Å². The van der Waals surface area contributed by atoms with Crippen molar-refractivity contribution in [1.29, 1.82) is 0 Å². The summed E-state index contributed by atoms with van der Waals surface area (Å²) in [6, 6.07) is 11.9. The van der Waals surface area contributed by atoms with Crippen LogP contribution in [-0.2, 0) is 17.5 Å². The summed E-state index contributed by atoms with van der Waals surface area (Å²) in [6.45, 7) is 0. The number of rotatable bonds is 6. The van der Waals surface area contributed by atoms with Crippen LogP contribution in [0.5, 0.6) is 11.5 Å². The molecule has 1 heterocycles. The highest BCUT2D eigenvalue weighted by Crippen LogP contribution is 2.36. The van der Waals surface area contributed by atoms with Crippen molar-refractivity contribution in [3.63, 3.8) is 0 Å². The van der Waals surface area contributed by atoms with Crippen LogP contribution >= 0.6 is 11.6 Å². The van der Waals surface area contributed by atoms with E-state index in [-0.39, 0.29) is 16.3 Å². The highest BCUT2D eigenvalue weighted by molar-refractivity contribution is 7.92. The minimum atomic E-state index is -4.67. The molecule has 0 fully saturated rings. The minimum Gasteiger partial charge on any atom is -0.588 e. The first-order valence-corrected chi connectivity index (χ1v) is 9.94. The van der Waals surface area contributed by atoms with Gasteiger partial charge in [0.2, 0.25) is 0 Å². The van der Waals surface area contributed by atoms with E-state index in [9.17, 15) is 22.5 Å². The van der Waals surface area contributed by atoms with E-state index in [1.807, 2.05) is 0 Å². The molecule has 0 bridgehead atoms. The Balaban J connectivity index is 1.69. The lowest BCUT2D eigenvalue weighted by molar-refractivity contribution is -0.137. The van der Waals surface area contributed by atoms with Crippen molar-refractivity contribution in [2.24, 2.45) is 0 Å². The number of hydrogen-bond acceptors (Lipinski definition) is 6. The van der Waals surface area contributed by atoms with E-state index in [2.05, 4.69) is 9.71 Å². The van der Waals surface area contributed by atoms with Gasteiger partial charge in [-0.25, -0.2) is 10.2 Å². The predicted molar refractivity (Wildman–Crippen MR) is 106 cm³/mol. The Hall–Kier alpha value is -2.99. The topological polar surface area (TPSA) is 107 Å². The second-order valence-corrected chi connectivity index (χ2v) is 7.57. The van der Waals surface area contributed by atoms with E-state index >= 15 is 0 Å². The number of anilines is 1. The number of carbonyl (C=O) groups is 1. The van der Waals surface area contributed by atoms with Gasteiger partial charge in [-0.3, -0.25) is 15.0 Å². The molecule has 0 saturated carbocycles. The molecule has 1 unspecified atom stereocenters. The highest BCUT2D eigenvalue weighted by Gasteiger charge is 2.34. The molecule has 1 amide bonds. The molecule has 3 N–H and O–H groups in total. The van der Waals surface area contributed by atoms with Gasteiger partial charge in [0, 0.05) is 18.3 Å². The van der Waals surface area contributed by atoms with Gasteiger partial charge in [-0.2, -0.15) is 13.2 Å². The summed E-state index contributed by atoms with van der Waals surface area (Å²) >= 11 is 3.61. The summed E-state index contributed by atoms with van der Waals surface area (Å²) in [5, 5.41) is 8.17. The van der Waals surface area contributed by atoms with E-state index in [4.69, 9.17) is 21.5 Å². The van der Waals surface area contributed by atoms with Crippen LogP contribution in [0.4, 0.5) is 18.9 Å². The lowest BCUT2D eigenvalue weighted by Crippen LogP contribution is -2.19. The van der Waals surface area contributed by atoms with Crippen molar-refractivity contribution < 1.29 is 32.5 Å². The van der Waals surface area contributed by atoms with Crippen molar-refractivity contribution in [2.45, 2.75) is 11.1 Å². The zero-order valence-corrected chi connectivity index (χ0v) is 16.9. The van der Waals surface area contributed by atoms with Crippen molar-refractivity contribution in [3.05, 3.63) is 77.1 Å². The Bertz CT molecular complexity index is 1080. The van der Waals surface area contributed by atoms with Crippen LogP contribution in [0, 0.1) is 0 Å². The number of nitrogens with one attached hydrogen (secondary N) is 2. The second kappa shape index (κ2) is 9.43. The van der Waals surface area contributed by atoms with Crippen molar-refractivity contribution in [1.82, 2.24) is 10.5 Å². The first-order valence-electron chi connectivity index (χ1n) is 8.41. The van der Waals surface area contributed by atoms with Gasteiger partial charge in [0.15, 0.2) is 4.90 Å². The van der Waals surface area contributed by atoms with Gasteiger partial charge in [0.1, 0.15) is 28.6 Å². The summed E-state index contributed by atoms with van der Waals surface area (Å²) in [5.41, 5.74) is 0.695. The average molecular weight is 472 g/mol. The predicted octanol–water partition coefficient (Wildman–Crippen LogP) is 4.80. The van der Waals surface area contributed by atoms with Gasteiger partial charge in [-0.15, -0.1) is 0 Å². The van der Waals surface area contributed by atoms with Crippen LogP contribution in [-0.4, -0.2) is 20.7 Å². The van der Waals surface area contributed by atoms with E-state index < -0.39 is 34.0 Å². The van der Waals surface area contributed by atoms with E-state index in [1.54, 1.807) is 0 Å². The zero-order chi connectivity index (χ0) is 22.6. The molecular weight excluding hydrogens is 459 g/mol. The van der Waals surface area contributed by atoms with Crippen molar-refractivity contribution >= 4 is 34.6 Å². The lowest BCUT2D eigenvalue weighted by atomic mass is 10.2. The summed E-state index contributed by atoms with van der Waals surface area (Å²) in [4.78, 5) is 15.1. The molecule has 162 valence electrons. The Morgan fingerprint density at radius 1 is 1.10 bits per heavy atom. The number of pyridine rings is 1. The van der Waals surface area contributed by atoms with Crippen molar-refractivity contribution in [2.75, 3.05) is 4.72 Å². The number of hydroxylamine groups is 1. The normalized spacial score (nSPS) is 12.2. The molecule has 0 radical (unpaired) electrons. The number of aromatic nitrogens is 1. The number of carbonyl (C=O) groups excluding carboxylic acids is 1. The SMILES string of the molecule is O=C(NO)c1cc(Oc2ccc(N[S+]([O-])c3ccc(Cl)c(C(F)(F)F)c3)cc2)ccn1. The lowest BCUT2D eigenvalue weighted by Gasteiger charge is -2.14. The monoisotopic (exact) mass is 471 g/mol. The van der Waals surface area contributed by atoms with Gasteiger partial charge in [0.25, 0.3) is 5.91 Å². The maximum Gasteiger partial charge on any atom is 0.418 e. The first kappa shape index (κ1) is 22.7. The molecule has 3 aromatic rings. The maximum atomic E-state index is 13.0. The van der Waals surface area contributed by atoms with Gasteiger partial charge in [-0.1, -0.05) is 11.6 Å². The number of alkyl halides is 3. The molecule has 0 saturated heterocycles.